The third kappa shape index (κ3) is 3.17. The van der Waals surface area contributed by atoms with Crippen LogP contribution < -0.4 is 5.32 Å². The Labute approximate surface area is 83.9 Å². The summed E-state index contributed by atoms with van der Waals surface area (Å²) in [6.07, 6.45) is 9.29. The maximum Gasteiger partial charge on any atom is 0.207 e. The maximum absolute atomic E-state index is 10.6. The van der Waals surface area contributed by atoms with Gasteiger partial charge in [0.1, 0.15) is 6.29 Å². The molecule has 0 bridgehead atoms. The highest BCUT2D eigenvalue weighted by Crippen LogP contribution is 2.19. The molecule has 0 saturated carbocycles. The number of carbonyl (C=O) groups excluding carboxylic acids is 2. The Morgan fingerprint density at radius 2 is 2.43 bits per heavy atom. The Bertz CT molecular complexity index is 268. The first-order chi connectivity index (χ1) is 6.76. The van der Waals surface area contributed by atoms with E-state index in [9.17, 15) is 9.59 Å². The predicted octanol–water partition coefficient (Wildman–Crippen LogP) is 1.21. The van der Waals surface area contributed by atoms with Crippen LogP contribution >= 0.6 is 0 Å². The van der Waals surface area contributed by atoms with Crippen LogP contribution in [0.25, 0.3) is 0 Å². The summed E-state index contributed by atoms with van der Waals surface area (Å²) in [6, 6.07) is -0.353. The molecule has 0 aromatic carbocycles. The number of carbonyl (C=O) groups is 2. The molecule has 1 aliphatic carbocycles. The van der Waals surface area contributed by atoms with Gasteiger partial charge in [-0.05, 0) is 25.7 Å². The SMILES string of the molecule is CC1=CCC(CC(C=O)NC=O)C=C1. The summed E-state index contributed by atoms with van der Waals surface area (Å²) in [5.74, 6) is 0.362. The number of nitrogens with one attached hydrogen (secondary N) is 1. The third-order valence-electron chi connectivity index (χ3n) is 2.38. The van der Waals surface area contributed by atoms with E-state index in [1.165, 1.54) is 5.57 Å². The lowest BCUT2D eigenvalue weighted by Gasteiger charge is -2.17. The molecule has 14 heavy (non-hydrogen) atoms. The highest BCUT2D eigenvalue weighted by molar-refractivity contribution is 5.63. The first-order valence-corrected chi connectivity index (χ1v) is 4.76. The lowest BCUT2D eigenvalue weighted by atomic mass is 9.92. The zero-order chi connectivity index (χ0) is 10.4. The van der Waals surface area contributed by atoms with E-state index < -0.39 is 0 Å². The molecule has 3 heteroatoms. The van der Waals surface area contributed by atoms with Gasteiger partial charge in [-0.1, -0.05) is 23.8 Å². The molecule has 0 radical (unpaired) electrons. The molecule has 1 rings (SSSR count). The van der Waals surface area contributed by atoms with Crippen molar-refractivity contribution in [2.75, 3.05) is 0 Å². The third-order valence-corrected chi connectivity index (χ3v) is 2.38. The minimum atomic E-state index is -0.353. The summed E-state index contributed by atoms with van der Waals surface area (Å²) in [5, 5.41) is 2.49. The minimum absolute atomic E-state index is 0.353. The van der Waals surface area contributed by atoms with E-state index in [0.717, 1.165) is 12.7 Å². The number of hydrogen-bond acceptors (Lipinski definition) is 2. The van der Waals surface area contributed by atoms with Crippen molar-refractivity contribution < 1.29 is 9.59 Å². The van der Waals surface area contributed by atoms with Crippen molar-refractivity contribution in [3.8, 4) is 0 Å². The molecule has 76 valence electrons. The monoisotopic (exact) mass is 193 g/mol. The highest BCUT2D eigenvalue weighted by Gasteiger charge is 2.13. The molecule has 0 spiro atoms. The Morgan fingerprint density at radius 1 is 1.64 bits per heavy atom. The Morgan fingerprint density at radius 3 is 2.93 bits per heavy atom. The summed E-state index contributed by atoms with van der Waals surface area (Å²) in [5.41, 5.74) is 1.26. The molecular weight excluding hydrogens is 178 g/mol. The van der Waals surface area contributed by atoms with E-state index in [4.69, 9.17) is 0 Å². The standard InChI is InChI=1S/C11H15NO2/c1-9-2-4-10(5-3-9)6-11(7-13)12-8-14/h2-4,7-8,10-11H,5-6H2,1H3,(H,12,14). The van der Waals surface area contributed by atoms with Gasteiger partial charge in [-0.2, -0.15) is 0 Å². The fraction of sp³-hybridized carbons (Fsp3) is 0.455. The molecule has 2 unspecified atom stereocenters. The van der Waals surface area contributed by atoms with Crippen LogP contribution in [0.15, 0.2) is 23.8 Å². The van der Waals surface area contributed by atoms with Gasteiger partial charge in [-0.3, -0.25) is 4.79 Å². The van der Waals surface area contributed by atoms with E-state index in [1.807, 2.05) is 6.92 Å². The van der Waals surface area contributed by atoms with E-state index in [2.05, 4.69) is 23.5 Å². The molecule has 0 aromatic heterocycles. The topological polar surface area (TPSA) is 46.2 Å². The zero-order valence-electron chi connectivity index (χ0n) is 8.27. The normalized spacial score (nSPS) is 22.4. The smallest absolute Gasteiger partial charge is 0.207 e. The second-order valence-electron chi connectivity index (χ2n) is 3.57. The average Bonchev–Trinajstić information content (AvgIpc) is 2.20. The van der Waals surface area contributed by atoms with Crippen LogP contribution in [-0.2, 0) is 9.59 Å². The van der Waals surface area contributed by atoms with Gasteiger partial charge in [0.2, 0.25) is 6.41 Å². The first kappa shape index (κ1) is 10.7. The number of hydrogen-bond donors (Lipinski definition) is 1. The number of amides is 1. The maximum atomic E-state index is 10.6. The van der Waals surface area contributed by atoms with E-state index in [1.54, 1.807) is 0 Å². The van der Waals surface area contributed by atoms with Crippen LogP contribution in [0.3, 0.4) is 0 Å². The Balaban J connectivity index is 2.41. The Hall–Kier alpha value is -1.38. The van der Waals surface area contributed by atoms with Gasteiger partial charge < -0.3 is 10.1 Å². The summed E-state index contributed by atoms with van der Waals surface area (Å²) in [7, 11) is 0. The lowest BCUT2D eigenvalue weighted by molar-refractivity contribution is -0.115. The predicted molar refractivity (Wildman–Crippen MR) is 54.7 cm³/mol. The van der Waals surface area contributed by atoms with Gasteiger partial charge in [-0.15, -0.1) is 0 Å². The average molecular weight is 193 g/mol. The summed E-state index contributed by atoms with van der Waals surface area (Å²) in [4.78, 5) is 20.7. The molecule has 3 nitrogen and oxygen atoms in total. The van der Waals surface area contributed by atoms with Crippen molar-refractivity contribution in [1.29, 1.82) is 0 Å². The minimum Gasteiger partial charge on any atom is -0.349 e. The van der Waals surface area contributed by atoms with E-state index >= 15 is 0 Å². The molecule has 0 aliphatic heterocycles. The molecule has 0 fully saturated rings. The van der Waals surface area contributed by atoms with Crippen LogP contribution in [0, 0.1) is 5.92 Å². The van der Waals surface area contributed by atoms with Gasteiger partial charge >= 0.3 is 0 Å². The molecule has 1 N–H and O–H groups in total. The fourth-order valence-electron chi connectivity index (χ4n) is 1.52. The molecule has 0 saturated heterocycles. The highest BCUT2D eigenvalue weighted by atomic mass is 16.1. The summed E-state index contributed by atoms with van der Waals surface area (Å²) < 4.78 is 0. The van der Waals surface area contributed by atoms with Crippen molar-refractivity contribution in [3.63, 3.8) is 0 Å². The lowest BCUT2D eigenvalue weighted by Crippen LogP contribution is -2.31. The molecular formula is C11H15NO2. The largest absolute Gasteiger partial charge is 0.349 e. The van der Waals surface area contributed by atoms with Crippen LogP contribution in [-0.4, -0.2) is 18.7 Å². The van der Waals surface area contributed by atoms with Gasteiger partial charge in [0.05, 0.1) is 6.04 Å². The molecule has 1 aliphatic rings. The molecule has 1 amide bonds. The van der Waals surface area contributed by atoms with Gasteiger partial charge in [0.25, 0.3) is 0 Å². The van der Waals surface area contributed by atoms with Gasteiger partial charge in [0.15, 0.2) is 0 Å². The van der Waals surface area contributed by atoms with Crippen molar-refractivity contribution in [1.82, 2.24) is 5.32 Å². The number of rotatable bonds is 5. The second kappa shape index (κ2) is 5.37. The second-order valence-corrected chi connectivity index (χ2v) is 3.57. The van der Waals surface area contributed by atoms with Crippen LogP contribution in [0.2, 0.25) is 0 Å². The fourth-order valence-corrected chi connectivity index (χ4v) is 1.52. The van der Waals surface area contributed by atoms with Crippen molar-refractivity contribution >= 4 is 12.7 Å². The summed E-state index contributed by atoms with van der Waals surface area (Å²) >= 11 is 0. The zero-order valence-corrected chi connectivity index (χ0v) is 8.27. The van der Waals surface area contributed by atoms with E-state index in [0.29, 0.717) is 18.7 Å². The van der Waals surface area contributed by atoms with E-state index in [-0.39, 0.29) is 6.04 Å². The first-order valence-electron chi connectivity index (χ1n) is 4.76. The van der Waals surface area contributed by atoms with Crippen molar-refractivity contribution in [2.45, 2.75) is 25.8 Å². The van der Waals surface area contributed by atoms with Crippen LogP contribution in [0.5, 0.6) is 0 Å². The van der Waals surface area contributed by atoms with Crippen LogP contribution in [0.4, 0.5) is 0 Å². The molecule has 0 aromatic rings. The van der Waals surface area contributed by atoms with Crippen molar-refractivity contribution in [3.05, 3.63) is 23.8 Å². The van der Waals surface area contributed by atoms with Crippen molar-refractivity contribution in [2.24, 2.45) is 5.92 Å². The summed E-state index contributed by atoms with van der Waals surface area (Å²) in [6.45, 7) is 2.05. The quantitative estimate of drug-likeness (QED) is 0.667. The molecule has 2 atom stereocenters. The number of allylic oxidation sites excluding steroid dienone is 4. The van der Waals surface area contributed by atoms with Crippen LogP contribution in [0.1, 0.15) is 19.8 Å². The van der Waals surface area contributed by atoms with Gasteiger partial charge in [-0.25, -0.2) is 0 Å². The van der Waals surface area contributed by atoms with Gasteiger partial charge in [0, 0.05) is 0 Å². The Kier molecular flexibility index (Phi) is 4.11. The number of aldehydes is 1. The molecule has 0 heterocycles.